The minimum Gasteiger partial charge on any atom is -0.285 e. The van der Waals surface area contributed by atoms with E-state index in [1.165, 1.54) is 4.90 Å². The van der Waals surface area contributed by atoms with E-state index in [4.69, 9.17) is 0 Å². The first kappa shape index (κ1) is 53.6. The fourth-order valence-corrected chi connectivity index (χ4v) is 3.68. The van der Waals surface area contributed by atoms with E-state index in [9.17, 15) is 9.59 Å². The zero-order chi connectivity index (χ0) is 37.5. The van der Waals surface area contributed by atoms with Gasteiger partial charge in [0.2, 0.25) is 11.8 Å². The lowest BCUT2D eigenvalue weighted by Crippen LogP contribution is -2.41. The van der Waals surface area contributed by atoms with Gasteiger partial charge in [-0.05, 0) is 48.7 Å². The highest BCUT2D eigenvalue weighted by Crippen LogP contribution is 2.51. The molecule has 1 heterocycles. The van der Waals surface area contributed by atoms with Crippen molar-refractivity contribution in [2.45, 2.75) is 201 Å². The van der Waals surface area contributed by atoms with Crippen LogP contribution in [0, 0.1) is 54.7 Å². The van der Waals surface area contributed by atoms with Gasteiger partial charge in [-0.3, -0.25) is 14.5 Å². The number of rotatable bonds is 0. The molecule has 0 radical (unpaired) electrons. The molecule has 0 N–H and O–H groups in total. The van der Waals surface area contributed by atoms with Gasteiger partial charge >= 0.3 is 0 Å². The summed E-state index contributed by atoms with van der Waals surface area (Å²) in [6.45, 7) is 60.8. The monoisotopic (exact) mass is 642 g/mol. The van der Waals surface area contributed by atoms with E-state index in [2.05, 4.69) is 152 Å². The molecule has 0 saturated carbocycles. The van der Waals surface area contributed by atoms with Gasteiger partial charge in [-0.2, -0.15) is 0 Å². The summed E-state index contributed by atoms with van der Waals surface area (Å²) in [5.41, 5.74) is 3.05. The van der Waals surface area contributed by atoms with Crippen LogP contribution < -0.4 is 0 Å². The summed E-state index contributed by atoms with van der Waals surface area (Å²) in [6.07, 6.45) is 0.374. The number of hydrogen-bond donors (Lipinski definition) is 0. The van der Waals surface area contributed by atoms with Gasteiger partial charge in [-0.25, -0.2) is 0 Å². The van der Waals surface area contributed by atoms with Gasteiger partial charge in [-0.1, -0.05) is 194 Å². The van der Waals surface area contributed by atoms with Crippen LogP contribution in [0.4, 0.5) is 0 Å². The Labute approximate surface area is 288 Å². The van der Waals surface area contributed by atoms with Gasteiger partial charge in [0.05, 0.1) is 5.92 Å². The van der Waals surface area contributed by atoms with Crippen LogP contribution in [0.2, 0.25) is 0 Å². The minimum atomic E-state index is -0.130. The molecule has 1 saturated heterocycles. The van der Waals surface area contributed by atoms with Gasteiger partial charge in [0, 0.05) is 13.5 Å². The van der Waals surface area contributed by atoms with Crippen molar-refractivity contribution in [3.05, 3.63) is 0 Å². The molecule has 1 unspecified atom stereocenters. The first-order valence-corrected chi connectivity index (χ1v) is 17.4. The van der Waals surface area contributed by atoms with Gasteiger partial charge in [-0.15, -0.1) is 0 Å². The van der Waals surface area contributed by atoms with Gasteiger partial charge in [0.15, 0.2) is 0 Å². The summed E-state index contributed by atoms with van der Waals surface area (Å²) in [4.78, 5) is 23.8. The number of carbonyl (C=O) groups excluding carboxylic acids is 2. The fraction of sp³-hybridized carbons (Fsp3) is 0.952. The van der Waals surface area contributed by atoms with E-state index in [-0.39, 0.29) is 30.6 Å². The molecule has 45 heavy (non-hydrogen) atoms. The second-order valence-electron chi connectivity index (χ2n) is 21.2. The second kappa shape index (κ2) is 17.5. The van der Waals surface area contributed by atoms with Crippen LogP contribution >= 0.6 is 0 Å². The molecule has 1 rings (SSSR count). The Kier molecular flexibility index (Phi) is 20.9. The molecule has 3 nitrogen and oxygen atoms in total. The van der Waals surface area contributed by atoms with Crippen molar-refractivity contribution in [1.29, 1.82) is 0 Å². The summed E-state index contributed by atoms with van der Waals surface area (Å²) < 4.78 is 0. The molecule has 1 aliphatic rings. The highest BCUT2D eigenvalue weighted by molar-refractivity contribution is 6.03. The largest absolute Gasteiger partial charge is 0.285 e. The van der Waals surface area contributed by atoms with Crippen LogP contribution in [0.15, 0.2) is 0 Å². The number of likely N-dealkylation sites (tertiary alicyclic amines) is 1. The zero-order valence-electron chi connectivity index (χ0n) is 36.0. The van der Waals surface area contributed by atoms with Gasteiger partial charge in [0.1, 0.15) is 0 Å². The first-order chi connectivity index (χ1) is 18.6. The molecule has 3 heteroatoms. The molecule has 2 amide bonds. The van der Waals surface area contributed by atoms with Crippen LogP contribution in [0.5, 0.6) is 0 Å². The maximum absolute atomic E-state index is 11.5. The van der Waals surface area contributed by atoms with Crippen molar-refractivity contribution in [3.8, 4) is 0 Å². The van der Waals surface area contributed by atoms with Crippen LogP contribution in [-0.2, 0) is 9.59 Å². The van der Waals surface area contributed by atoms with E-state index < -0.39 is 0 Å². The predicted octanol–water partition coefficient (Wildman–Crippen LogP) is 14.0. The Hall–Kier alpha value is -0.860. The number of hydrogen-bond acceptors (Lipinski definition) is 2. The summed E-state index contributed by atoms with van der Waals surface area (Å²) in [5.74, 6) is -0.220. The molecule has 1 aliphatic heterocycles. The van der Waals surface area contributed by atoms with E-state index in [1.54, 1.807) is 7.05 Å². The maximum Gasteiger partial charge on any atom is 0.233 e. The van der Waals surface area contributed by atoms with Crippen LogP contribution in [0.3, 0.4) is 0 Å². The van der Waals surface area contributed by atoms with Gasteiger partial charge in [0.25, 0.3) is 0 Å². The van der Waals surface area contributed by atoms with Crippen molar-refractivity contribution in [3.63, 3.8) is 0 Å². The van der Waals surface area contributed by atoms with Crippen molar-refractivity contribution < 1.29 is 9.59 Å². The Morgan fingerprint density at radius 2 is 0.644 bits per heavy atom. The van der Waals surface area contributed by atoms with E-state index >= 15 is 0 Å². The van der Waals surface area contributed by atoms with Crippen molar-refractivity contribution in [2.24, 2.45) is 54.7 Å². The zero-order valence-corrected chi connectivity index (χ0v) is 36.0. The molecule has 0 aromatic heterocycles. The third-order valence-corrected chi connectivity index (χ3v) is 12.2. The number of carbonyl (C=O) groups is 2. The van der Waals surface area contributed by atoms with Crippen LogP contribution in [0.25, 0.3) is 0 Å². The smallest absolute Gasteiger partial charge is 0.233 e. The molecular formula is C42H91NO2. The highest BCUT2D eigenvalue weighted by Gasteiger charge is 2.44. The first-order valence-electron chi connectivity index (χ1n) is 17.4. The fourth-order valence-electron chi connectivity index (χ4n) is 3.68. The third kappa shape index (κ3) is 16.7. The lowest BCUT2D eigenvalue weighted by Gasteiger charge is -2.49. The lowest BCUT2D eigenvalue weighted by molar-refractivity contribution is -0.138. The molecule has 0 aromatic rings. The van der Waals surface area contributed by atoms with Crippen LogP contribution in [0.1, 0.15) is 201 Å². The van der Waals surface area contributed by atoms with E-state index in [0.29, 0.717) is 49.7 Å². The quantitative estimate of drug-likeness (QED) is 0.247. The summed E-state index contributed by atoms with van der Waals surface area (Å²) in [5, 5.41) is 0. The number of amides is 2. The Morgan fingerprint density at radius 3 is 0.689 bits per heavy atom. The van der Waals surface area contributed by atoms with Crippen molar-refractivity contribution >= 4 is 11.8 Å². The third-order valence-electron chi connectivity index (χ3n) is 12.2. The van der Waals surface area contributed by atoms with Crippen LogP contribution in [-0.4, -0.2) is 23.8 Å². The molecule has 0 bridgehead atoms. The van der Waals surface area contributed by atoms with E-state index in [1.807, 2.05) is 34.6 Å². The Morgan fingerprint density at radius 1 is 0.444 bits per heavy atom. The van der Waals surface area contributed by atoms with Crippen molar-refractivity contribution in [1.82, 2.24) is 4.90 Å². The molecule has 0 spiro atoms. The maximum atomic E-state index is 11.5. The Balaban J connectivity index is -0.000000155. The summed E-state index contributed by atoms with van der Waals surface area (Å²) in [6, 6.07) is 0. The normalized spacial score (nSPS) is 16.9. The van der Waals surface area contributed by atoms with Gasteiger partial charge < -0.3 is 0 Å². The highest BCUT2D eigenvalue weighted by atomic mass is 16.2. The molecule has 276 valence electrons. The predicted molar refractivity (Wildman–Crippen MR) is 208 cm³/mol. The average Bonchev–Trinajstić information content (AvgIpc) is 2.99. The summed E-state index contributed by atoms with van der Waals surface area (Å²) >= 11 is 0. The Bertz CT molecular complexity index is 760. The minimum absolute atomic E-state index is 0. The molecule has 1 fully saturated rings. The topological polar surface area (TPSA) is 37.4 Å². The molecular weight excluding hydrogens is 550 g/mol. The van der Waals surface area contributed by atoms with E-state index in [0.717, 1.165) is 0 Å². The lowest BCUT2D eigenvalue weighted by atomic mass is 9.56. The number of imide groups is 1. The molecule has 0 aromatic carbocycles. The van der Waals surface area contributed by atoms with Crippen molar-refractivity contribution in [2.75, 3.05) is 7.05 Å². The molecule has 1 atom stereocenters. The summed E-state index contributed by atoms with van der Waals surface area (Å²) in [7, 11) is 1.55. The standard InChI is InChI=1S/2C11H24.C9H15NO2.C8H18.C2H6.CH4/c2*1-9(2,3)11(7,8)10(4,5)6;1-9(2,3)6-5-7(11)10(4)8(6)12;1-7(2,3)8(4,5)6;1-2;/h2*1-8H3;6H,5H2,1-4H3;1-6H3;1-2H3;1H4. The average molecular weight is 642 g/mol. The second-order valence-corrected chi connectivity index (χ2v) is 21.2. The number of nitrogens with zero attached hydrogens (tertiary/aromatic N) is 1. The molecule has 0 aliphatic carbocycles. The SMILES string of the molecule is C.CC.CC(C)(C)C(C)(C)C.CC(C)(C)C(C)(C)C(C)(C)C.CC(C)(C)C(C)(C)C(C)(C)C.CN1C(=O)CC(C(C)(C)C)C1=O.